The fraction of sp³-hybridized carbons (Fsp3) is 0.304. The molecule has 8 heteroatoms. The van der Waals surface area contributed by atoms with Crippen LogP contribution in [0.1, 0.15) is 36.8 Å². The molecule has 4 rings (SSSR count). The molecule has 0 radical (unpaired) electrons. The second kappa shape index (κ2) is 8.88. The van der Waals surface area contributed by atoms with Gasteiger partial charge in [0.05, 0.1) is 5.69 Å². The van der Waals surface area contributed by atoms with Crippen LogP contribution in [0.5, 0.6) is 5.88 Å². The summed E-state index contributed by atoms with van der Waals surface area (Å²) < 4.78 is 6.43. The molecule has 1 unspecified atom stereocenters. The van der Waals surface area contributed by atoms with Crippen molar-refractivity contribution >= 4 is 35.1 Å². The first-order chi connectivity index (χ1) is 14.9. The summed E-state index contributed by atoms with van der Waals surface area (Å²) >= 11 is 3.17. The summed E-state index contributed by atoms with van der Waals surface area (Å²) in [6.07, 6.45) is 1.37. The average Bonchev–Trinajstić information content (AvgIpc) is 2.88. The minimum Gasteiger partial charge on any atom is -0.447 e. The van der Waals surface area contributed by atoms with Crippen LogP contribution in [-0.4, -0.2) is 33.1 Å². The molecule has 1 amide bonds. The van der Waals surface area contributed by atoms with E-state index < -0.39 is 6.23 Å². The van der Waals surface area contributed by atoms with Crippen molar-refractivity contribution in [2.24, 2.45) is 0 Å². The first-order valence-electron chi connectivity index (χ1n) is 10.0. The number of rotatable bonds is 4. The lowest BCUT2D eigenvalue weighted by atomic mass is 10.00. The predicted octanol–water partition coefficient (Wildman–Crippen LogP) is 5.43. The van der Waals surface area contributed by atoms with Gasteiger partial charge >= 0.3 is 0 Å². The number of carbonyl (C=O) groups excluding carboxylic acids is 1. The molecule has 160 valence electrons. The predicted molar refractivity (Wildman–Crippen MR) is 126 cm³/mol. The van der Waals surface area contributed by atoms with E-state index in [-0.39, 0.29) is 5.91 Å². The lowest BCUT2D eigenvalue weighted by Gasteiger charge is -2.31. The Labute approximate surface area is 190 Å². The Morgan fingerprint density at radius 2 is 1.90 bits per heavy atom. The summed E-state index contributed by atoms with van der Waals surface area (Å²) in [5.41, 5.74) is 5.05. The normalized spacial score (nSPS) is 15.0. The van der Waals surface area contributed by atoms with Crippen molar-refractivity contribution in [2.75, 3.05) is 16.9 Å². The largest absolute Gasteiger partial charge is 0.447 e. The molecule has 3 aromatic rings. The number of carbonyl (C=O) groups is 1. The van der Waals surface area contributed by atoms with E-state index in [4.69, 9.17) is 4.74 Å². The van der Waals surface area contributed by atoms with Crippen LogP contribution in [0.15, 0.2) is 46.5 Å². The van der Waals surface area contributed by atoms with E-state index in [1.165, 1.54) is 11.8 Å². The topological polar surface area (TPSA) is 68.2 Å². The average molecular weight is 453 g/mol. The second-order valence-electron chi connectivity index (χ2n) is 7.29. The Balaban J connectivity index is 1.98. The maximum Gasteiger partial charge on any atom is 0.247 e. The molecule has 2 heterocycles. The van der Waals surface area contributed by atoms with Gasteiger partial charge in [-0.05, 0) is 49.6 Å². The smallest absolute Gasteiger partial charge is 0.247 e. The highest BCUT2D eigenvalue weighted by molar-refractivity contribution is 7.99. The number of nitrogens with zero attached hydrogens (tertiary/aromatic N) is 4. The van der Waals surface area contributed by atoms with Crippen LogP contribution in [0.3, 0.4) is 0 Å². The number of aryl methyl sites for hydroxylation is 2. The highest BCUT2D eigenvalue weighted by Gasteiger charge is 2.35. The summed E-state index contributed by atoms with van der Waals surface area (Å²) in [5.74, 6) is 1.10. The second-order valence-corrected chi connectivity index (χ2v) is 9.40. The van der Waals surface area contributed by atoms with Crippen molar-refractivity contribution < 1.29 is 9.53 Å². The van der Waals surface area contributed by atoms with Gasteiger partial charge in [-0.15, -0.1) is 22.0 Å². The Bertz CT molecular complexity index is 1140. The highest BCUT2D eigenvalue weighted by atomic mass is 32.2. The SMILES string of the molecule is CCSc1nnc2c(n1)OC(c1ccc(SC)cc1)N(C(C)=O)c1c(C)cc(C)cc1-2. The van der Waals surface area contributed by atoms with Crippen molar-refractivity contribution in [3.63, 3.8) is 0 Å². The van der Waals surface area contributed by atoms with Gasteiger partial charge in [-0.25, -0.2) is 0 Å². The van der Waals surface area contributed by atoms with Gasteiger partial charge in [0.15, 0.2) is 5.69 Å². The Kier molecular flexibility index (Phi) is 6.20. The molecule has 1 aliphatic heterocycles. The minimum absolute atomic E-state index is 0.115. The van der Waals surface area contributed by atoms with Crippen LogP contribution in [0.4, 0.5) is 5.69 Å². The Morgan fingerprint density at radius 1 is 1.16 bits per heavy atom. The van der Waals surface area contributed by atoms with Gasteiger partial charge < -0.3 is 4.74 Å². The van der Waals surface area contributed by atoms with Gasteiger partial charge in [-0.3, -0.25) is 9.69 Å². The van der Waals surface area contributed by atoms with Crippen molar-refractivity contribution in [3.05, 3.63) is 53.1 Å². The number of fused-ring (bicyclic) bond motifs is 3. The maximum atomic E-state index is 13.0. The van der Waals surface area contributed by atoms with E-state index in [1.54, 1.807) is 23.6 Å². The third-order valence-electron chi connectivity index (χ3n) is 5.05. The van der Waals surface area contributed by atoms with Gasteiger partial charge in [0, 0.05) is 22.9 Å². The third kappa shape index (κ3) is 4.14. The first-order valence-corrected chi connectivity index (χ1v) is 12.2. The van der Waals surface area contributed by atoms with Crippen LogP contribution in [0, 0.1) is 13.8 Å². The van der Waals surface area contributed by atoms with E-state index in [9.17, 15) is 4.79 Å². The van der Waals surface area contributed by atoms with E-state index >= 15 is 0 Å². The zero-order chi connectivity index (χ0) is 22.1. The molecule has 0 aliphatic carbocycles. The molecular formula is C23H24N4O2S2. The van der Waals surface area contributed by atoms with Crippen LogP contribution in [0.2, 0.25) is 0 Å². The molecular weight excluding hydrogens is 428 g/mol. The quantitative estimate of drug-likeness (QED) is 0.489. The maximum absolute atomic E-state index is 13.0. The van der Waals surface area contributed by atoms with Crippen LogP contribution >= 0.6 is 23.5 Å². The lowest BCUT2D eigenvalue weighted by molar-refractivity contribution is -0.118. The molecule has 6 nitrogen and oxygen atoms in total. The first kappa shape index (κ1) is 21.6. The van der Waals surface area contributed by atoms with Gasteiger partial charge in [-0.1, -0.05) is 42.4 Å². The molecule has 0 fully saturated rings. The van der Waals surface area contributed by atoms with Crippen LogP contribution in [-0.2, 0) is 4.79 Å². The summed E-state index contributed by atoms with van der Waals surface area (Å²) in [7, 11) is 0. The molecule has 0 saturated carbocycles. The molecule has 1 aromatic heterocycles. The van der Waals surface area contributed by atoms with Crippen molar-refractivity contribution in [1.82, 2.24) is 15.2 Å². The van der Waals surface area contributed by atoms with Crippen molar-refractivity contribution in [1.29, 1.82) is 0 Å². The standard InChI is InChI=1S/C23H24N4O2S2/c1-6-31-23-24-21-19(25-26-23)18-12-13(2)11-14(3)20(18)27(15(4)28)22(29-21)16-7-9-17(30-5)10-8-16/h7-12,22H,6H2,1-5H3. The number of ether oxygens (including phenoxy) is 1. The molecule has 1 atom stereocenters. The number of anilines is 1. The zero-order valence-corrected chi connectivity index (χ0v) is 19.8. The van der Waals surface area contributed by atoms with E-state index in [0.717, 1.165) is 38.6 Å². The lowest BCUT2D eigenvalue weighted by Crippen LogP contribution is -2.36. The zero-order valence-electron chi connectivity index (χ0n) is 18.2. The Morgan fingerprint density at radius 3 is 2.55 bits per heavy atom. The molecule has 0 spiro atoms. The fourth-order valence-corrected chi connectivity index (χ4v) is 4.70. The summed E-state index contributed by atoms with van der Waals surface area (Å²) in [5, 5.41) is 9.31. The van der Waals surface area contributed by atoms with Gasteiger partial charge in [-0.2, -0.15) is 4.98 Å². The highest BCUT2D eigenvalue weighted by Crippen LogP contribution is 2.45. The van der Waals surface area contributed by atoms with Gasteiger partial charge in [0.25, 0.3) is 0 Å². The van der Waals surface area contributed by atoms with Gasteiger partial charge in [0.1, 0.15) is 0 Å². The van der Waals surface area contributed by atoms with Crippen molar-refractivity contribution in [2.45, 2.75) is 44.0 Å². The molecule has 31 heavy (non-hydrogen) atoms. The Hall–Kier alpha value is -2.58. The number of hydrogen-bond acceptors (Lipinski definition) is 7. The van der Waals surface area contributed by atoms with E-state index in [0.29, 0.717) is 16.7 Å². The minimum atomic E-state index is -0.661. The fourth-order valence-electron chi connectivity index (χ4n) is 3.78. The molecule has 1 aliphatic rings. The molecule has 0 bridgehead atoms. The summed E-state index contributed by atoms with van der Waals surface area (Å²) in [6, 6.07) is 12.1. The van der Waals surface area contributed by atoms with Crippen molar-refractivity contribution in [3.8, 4) is 17.1 Å². The number of thioether (sulfide) groups is 2. The molecule has 0 N–H and O–H groups in total. The summed E-state index contributed by atoms with van der Waals surface area (Å²) in [4.78, 5) is 20.5. The number of aromatic nitrogens is 3. The van der Waals surface area contributed by atoms with Crippen LogP contribution < -0.4 is 9.64 Å². The van der Waals surface area contributed by atoms with E-state index in [2.05, 4.69) is 21.2 Å². The number of benzene rings is 2. The summed E-state index contributed by atoms with van der Waals surface area (Å²) in [6.45, 7) is 7.62. The number of amides is 1. The van der Waals surface area contributed by atoms with Gasteiger partial charge in [0.2, 0.25) is 23.2 Å². The van der Waals surface area contributed by atoms with Crippen LogP contribution in [0.25, 0.3) is 11.3 Å². The molecule has 0 saturated heterocycles. The van der Waals surface area contributed by atoms with E-state index in [1.807, 2.05) is 57.4 Å². The molecule has 2 aromatic carbocycles. The monoisotopic (exact) mass is 452 g/mol. The number of hydrogen-bond donors (Lipinski definition) is 0. The third-order valence-corrected chi connectivity index (χ3v) is 6.51.